The maximum atomic E-state index is 12.7. The molecular formula is C17H22N4OS. The number of hydrogen-bond acceptors (Lipinski definition) is 5. The van der Waals surface area contributed by atoms with Crippen LogP contribution in [0.3, 0.4) is 0 Å². The first-order valence-electron chi connectivity index (χ1n) is 7.93. The van der Waals surface area contributed by atoms with Crippen molar-refractivity contribution in [1.29, 1.82) is 0 Å². The maximum absolute atomic E-state index is 12.7. The van der Waals surface area contributed by atoms with Crippen LogP contribution in [0.2, 0.25) is 0 Å². The number of piperidine rings is 1. The molecule has 2 aromatic heterocycles. The molecule has 1 fully saturated rings. The minimum atomic E-state index is 0.132. The Bertz CT molecular complexity index is 677. The molecule has 1 aliphatic rings. The summed E-state index contributed by atoms with van der Waals surface area (Å²) in [6, 6.07) is 6.39. The van der Waals surface area contributed by atoms with E-state index >= 15 is 0 Å². The molecule has 0 radical (unpaired) electrons. The Kier molecular flexibility index (Phi) is 4.61. The number of aryl methyl sites for hydroxylation is 2. The van der Waals surface area contributed by atoms with Gasteiger partial charge in [-0.1, -0.05) is 6.07 Å². The van der Waals surface area contributed by atoms with E-state index in [2.05, 4.69) is 21.9 Å². The van der Waals surface area contributed by atoms with E-state index in [4.69, 9.17) is 0 Å². The molecule has 3 rings (SSSR count). The number of amides is 1. The first-order valence-corrected chi connectivity index (χ1v) is 8.75. The van der Waals surface area contributed by atoms with Crippen molar-refractivity contribution in [2.45, 2.75) is 32.7 Å². The number of aromatic nitrogens is 2. The van der Waals surface area contributed by atoms with Crippen molar-refractivity contribution in [2.24, 2.45) is 0 Å². The number of anilines is 1. The normalized spacial score (nSPS) is 15.7. The monoisotopic (exact) mass is 330 g/mol. The summed E-state index contributed by atoms with van der Waals surface area (Å²) in [5, 5.41) is 0.954. The van der Waals surface area contributed by atoms with Crippen molar-refractivity contribution in [3.8, 4) is 0 Å². The quantitative estimate of drug-likeness (QED) is 0.868. The number of carbonyl (C=O) groups excluding carboxylic acids is 1. The van der Waals surface area contributed by atoms with Gasteiger partial charge < -0.3 is 9.80 Å². The fraction of sp³-hybridized carbons (Fsp3) is 0.471. The molecule has 0 spiro atoms. The summed E-state index contributed by atoms with van der Waals surface area (Å²) < 4.78 is 0. The number of pyridine rings is 1. The van der Waals surface area contributed by atoms with Crippen molar-refractivity contribution in [3.63, 3.8) is 0 Å². The van der Waals surface area contributed by atoms with Gasteiger partial charge >= 0.3 is 0 Å². The van der Waals surface area contributed by atoms with Gasteiger partial charge in [-0.05, 0) is 38.8 Å². The zero-order chi connectivity index (χ0) is 16.4. The van der Waals surface area contributed by atoms with E-state index in [0.29, 0.717) is 6.04 Å². The third-order valence-corrected chi connectivity index (χ3v) is 5.47. The molecule has 0 aliphatic carbocycles. The number of rotatable bonds is 3. The van der Waals surface area contributed by atoms with Gasteiger partial charge in [0.05, 0.1) is 10.7 Å². The first-order chi connectivity index (χ1) is 11.1. The van der Waals surface area contributed by atoms with E-state index in [1.54, 1.807) is 0 Å². The third-order valence-electron chi connectivity index (χ3n) is 4.41. The summed E-state index contributed by atoms with van der Waals surface area (Å²) >= 11 is 1.50. The van der Waals surface area contributed by atoms with E-state index < -0.39 is 0 Å². The lowest BCUT2D eigenvalue weighted by Crippen LogP contribution is -2.45. The Morgan fingerprint density at radius 2 is 2.04 bits per heavy atom. The third kappa shape index (κ3) is 3.37. The number of thiazole rings is 1. The summed E-state index contributed by atoms with van der Waals surface area (Å²) in [4.78, 5) is 26.4. The second-order valence-electron chi connectivity index (χ2n) is 5.97. The van der Waals surface area contributed by atoms with Gasteiger partial charge in [-0.15, -0.1) is 11.3 Å². The Morgan fingerprint density at radius 3 is 2.61 bits per heavy atom. The van der Waals surface area contributed by atoms with Gasteiger partial charge in [-0.2, -0.15) is 0 Å². The zero-order valence-electron chi connectivity index (χ0n) is 13.8. The number of likely N-dealkylation sites (tertiary alicyclic amines) is 1. The molecule has 1 aliphatic heterocycles. The molecule has 23 heavy (non-hydrogen) atoms. The Labute approximate surface area is 141 Å². The fourth-order valence-corrected chi connectivity index (χ4v) is 3.97. The van der Waals surface area contributed by atoms with Crippen molar-refractivity contribution < 1.29 is 4.79 Å². The van der Waals surface area contributed by atoms with Crippen LogP contribution in [0.4, 0.5) is 5.82 Å². The molecule has 1 saturated heterocycles. The highest BCUT2D eigenvalue weighted by molar-refractivity contribution is 7.13. The average molecular weight is 330 g/mol. The van der Waals surface area contributed by atoms with Crippen LogP contribution in [0.1, 0.15) is 33.2 Å². The molecule has 5 nitrogen and oxygen atoms in total. The molecule has 0 aromatic carbocycles. The minimum absolute atomic E-state index is 0.132. The minimum Gasteiger partial charge on any atom is -0.357 e. The van der Waals surface area contributed by atoms with Gasteiger partial charge in [-0.3, -0.25) is 4.79 Å². The van der Waals surface area contributed by atoms with Gasteiger partial charge in [0.1, 0.15) is 10.7 Å². The summed E-state index contributed by atoms with van der Waals surface area (Å²) in [6.45, 7) is 5.44. The predicted molar refractivity (Wildman–Crippen MR) is 93.2 cm³/mol. The van der Waals surface area contributed by atoms with Crippen LogP contribution in [0.15, 0.2) is 24.4 Å². The highest BCUT2D eigenvalue weighted by Crippen LogP contribution is 2.24. The van der Waals surface area contributed by atoms with Crippen LogP contribution >= 0.6 is 11.3 Å². The lowest BCUT2D eigenvalue weighted by Gasteiger charge is -2.37. The summed E-state index contributed by atoms with van der Waals surface area (Å²) in [5.41, 5.74) is 0.852. The second kappa shape index (κ2) is 6.66. The van der Waals surface area contributed by atoms with Crippen LogP contribution < -0.4 is 4.90 Å². The first kappa shape index (κ1) is 15.9. The lowest BCUT2D eigenvalue weighted by molar-refractivity contribution is 0.0717. The van der Waals surface area contributed by atoms with Gasteiger partial charge in [0.25, 0.3) is 5.91 Å². The maximum Gasteiger partial charge on any atom is 0.265 e. The summed E-state index contributed by atoms with van der Waals surface area (Å²) in [7, 11) is 2.08. The average Bonchev–Trinajstić information content (AvgIpc) is 2.93. The second-order valence-corrected chi connectivity index (χ2v) is 7.17. The van der Waals surface area contributed by atoms with Crippen molar-refractivity contribution >= 4 is 23.1 Å². The molecular weight excluding hydrogens is 308 g/mol. The highest BCUT2D eigenvalue weighted by Gasteiger charge is 2.28. The number of hydrogen-bond donors (Lipinski definition) is 0. The number of carbonyl (C=O) groups is 1. The Morgan fingerprint density at radius 1 is 1.30 bits per heavy atom. The molecule has 0 N–H and O–H groups in total. The highest BCUT2D eigenvalue weighted by atomic mass is 32.1. The smallest absolute Gasteiger partial charge is 0.265 e. The van der Waals surface area contributed by atoms with Crippen molar-refractivity contribution in [2.75, 3.05) is 25.0 Å². The van der Waals surface area contributed by atoms with Crippen LogP contribution in [0.5, 0.6) is 0 Å². The van der Waals surface area contributed by atoms with Crippen LogP contribution in [-0.2, 0) is 0 Å². The molecule has 1 amide bonds. The molecule has 3 heterocycles. The molecule has 0 unspecified atom stereocenters. The van der Waals surface area contributed by atoms with Gasteiger partial charge in [0, 0.05) is 32.4 Å². The molecule has 0 atom stereocenters. The van der Waals surface area contributed by atoms with Crippen molar-refractivity contribution in [3.05, 3.63) is 40.0 Å². The molecule has 0 saturated carbocycles. The van der Waals surface area contributed by atoms with Gasteiger partial charge in [0.15, 0.2) is 0 Å². The van der Waals surface area contributed by atoms with E-state index in [-0.39, 0.29) is 5.91 Å². The largest absolute Gasteiger partial charge is 0.357 e. The lowest BCUT2D eigenvalue weighted by atomic mass is 10.0. The topological polar surface area (TPSA) is 49.3 Å². The zero-order valence-corrected chi connectivity index (χ0v) is 14.6. The number of nitrogens with zero attached hydrogens (tertiary/aromatic N) is 4. The molecule has 2 aromatic rings. The van der Waals surface area contributed by atoms with Crippen LogP contribution in [-0.4, -0.2) is 47.0 Å². The SMILES string of the molecule is Cc1nc(C)c(C(=O)N2CCC(N(C)c3ccccn3)CC2)s1. The van der Waals surface area contributed by atoms with Gasteiger partial charge in [0.2, 0.25) is 0 Å². The van der Waals surface area contributed by atoms with Crippen LogP contribution in [0.25, 0.3) is 0 Å². The Hall–Kier alpha value is -1.95. The summed E-state index contributed by atoms with van der Waals surface area (Å²) in [5.74, 6) is 1.12. The van der Waals surface area contributed by atoms with Crippen molar-refractivity contribution in [1.82, 2.24) is 14.9 Å². The van der Waals surface area contributed by atoms with E-state index in [0.717, 1.165) is 47.3 Å². The van der Waals surface area contributed by atoms with E-state index in [1.165, 1.54) is 11.3 Å². The standard InChI is InChI=1S/C17H22N4OS/c1-12-16(23-13(2)19-12)17(22)21-10-7-14(8-11-21)20(3)15-6-4-5-9-18-15/h4-6,9,14H,7-8,10-11H2,1-3H3. The molecule has 6 heteroatoms. The predicted octanol–water partition coefficient (Wildman–Crippen LogP) is 2.90. The fourth-order valence-electron chi connectivity index (χ4n) is 3.08. The van der Waals surface area contributed by atoms with E-state index in [1.807, 2.05) is 43.1 Å². The summed E-state index contributed by atoms with van der Waals surface area (Å²) in [6.07, 6.45) is 3.75. The van der Waals surface area contributed by atoms with Gasteiger partial charge in [-0.25, -0.2) is 9.97 Å². The Balaban J connectivity index is 1.62. The van der Waals surface area contributed by atoms with Crippen LogP contribution in [0, 0.1) is 13.8 Å². The molecule has 0 bridgehead atoms. The van der Waals surface area contributed by atoms with E-state index in [9.17, 15) is 4.79 Å². The molecule has 122 valence electrons.